The molecule has 6 heteroatoms. The standard InChI is InChI=1S/C32H50O6/c1-19(33)37-17-32(18-38-32)21-9-14-31(26(35)36)16-15-29(5)20(25(21)31)7-8-23-28(4)12-11-24(34)27(2,3)22(28)10-13-30(23,29)6/h20-25,34H,7-18H2,1-6H3,(H,35,36)/t20?,21-,22+,23-,24-,25-,28+,29-,30-,31+,32?/m1/s1. The van der Waals surface area contributed by atoms with Gasteiger partial charge in [0.2, 0.25) is 0 Å². The summed E-state index contributed by atoms with van der Waals surface area (Å²) in [6.45, 7) is 14.4. The van der Waals surface area contributed by atoms with Gasteiger partial charge in [-0.05, 0) is 115 Å². The summed E-state index contributed by atoms with van der Waals surface area (Å²) in [5.74, 6) is 0.705. The SMILES string of the molecule is CC(=O)OCC1([C@@H]2CC[C@]3(C(=O)O)CC[C@]4(C)C(CC[C@@H]5[C@@]6(C)CC[C@@H](O)C(C)(C)[C@@H]6CC[C@]54C)[C@H]23)CO1. The van der Waals surface area contributed by atoms with Crippen molar-refractivity contribution in [3.8, 4) is 0 Å². The minimum Gasteiger partial charge on any atom is -0.481 e. The molecule has 1 saturated heterocycles. The molecule has 6 fully saturated rings. The third-order valence-corrected chi connectivity index (χ3v) is 14.5. The summed E-state index contributed by atoms with van der Waals surface area (Å²) in [4.78, 5) is 24.7. The van der Waals surface area contributed by atoms with Crippen LogP contribution in [0.15, 0.2) is 0 Å². The van der Waals surface area contributed by atoms with Crippen LogP contribution < -0.4 is 0 Å². The molecule has 0 spiro atoms. The fourth-order valence-electron chi connectivity index (χ4n) is 12.3. The van der Waals surface area contributed by atoms with Crippen LogP contribution in [0, 0.1) is 56.7 Å². The van der Waals surface area contributed by atoms with Gasteiger partial charge in [-0.2, -0.15) is 0 Å². The number of ether oxygens (including phenoxy) is 2. The third kappa shape index (κ3) is 3.25. The van der Waals surface area contributed by atoms with Crippen LogP contribution in [-0.4, -0.2) is 47.1 Å². The number of hydrogen-bond donors (Lipinski definition) is 2. The molecular weight excluding hydrogens is 480 g/mol. The van der Waals surface area contributed by atoms with Crippen LogP contribution in [-0.2, 0) is 19.1 Å². The monoisotopic (exact) mass is 530 g/mol. The Bertz CT molecular complexity index is 1020. The van der Waals surface area contributed by atoms with E-state index in [0.29, 0.717) is 30.8 Å². The normalized spacial score (nSPS) is 54.6. The van der Waals surface area contributed by atoms with Crippen molar-refractivity contribution in [2.75, 3.05) is 13.2 Å². The minimum absolute atomic E-state index is 0.0599. The number of aliphatic carboxylic acids is 1. The van der Waals surface area contributed by atoms with E-state index in [1.807, 2.05) is 0 Å². The molecule has 0 bridgehead atoms. The van der Waals surface area contributed by atoms with Crippen molar-refractivity contribution in [3.63, 3.8) is 0 Å². The van der Waals surface area contributed by atoms with E-state index in [0.717, 1.165) is 57.8 Å². The first kappa shape index (κ1) is 27.1. The number of epoxide rings is 1. The maximum absolute atomic E-state index is 13.0. The molecule has 6 rings (SSSR count). The molecule has 0 amide bonds. The van der Waals surface area contributed by atoms with Crippen LogP contribution in [0.25, 0.3) is 0 Å². The van der Waals surface area contributed by atoms with Crippen molar-refractivity contribution in [1.29, 1.82) is 0 Å². The van der Waals surface area contributed by atoms with Crippen LogP contribution in [0.5, 0.6) is 0 Å². The van der Waals surface area contributed by atoms with Gasteiger partial charge in [-0.3, -0.25) is 9.59 Å². The van der Waals surface area contributed by atoms with Crippen LogP contribution in [0.2, 0.25) is 0 Å². The molecule has 38 heavy (non-hydrogen) atoms. The van der Waals surface area contributed by atoms with Gasteiger partial charge in [0, 0.05) is 6.92 Å². The van der Waals surface area contributed by atoms with Crippen molar-refractivity contribution < 1.29 is 29.3 Å². The van der Waals surface area contributed by atoms with Gasteiger partial charge in [0.15, 0.2) is 0 Å². The smallest absolute Gasteiger partial charge is 0.309 e. The Kier molecular flexibility index (Phi) is 5.84. The van der Waals surface area contributed by atoms with E-state index >= 15 is 0 Å². The van der Waals surface area contributed by atoms with Gasteiger partial charge in [-0.25, -0.2) is 0 Å². The third-order valence-electron chi connectivity index (χ3n) is 14.5. The van der Waals surface area contributed by atoms with Crippen LogP contribution in [0.3, 0.4) is 0 Å². The molecule has 6 aliphatic rings. The minimum atomic E-state index is -0.689. The summed E-state index contributed by atoms with van der Waals surface area (Å²) in [6.07, 6.45) is 9.54. The molecule has 5 aliphatic carbocycles. The number of carbonyl (C=O) groups excluding carboxylic acids is 1. The molecule has 1 aliphatic heterocycles. The molecule has 0 aromatic heterocycles. The van der Waals surface area contributed by atoms with Gasteiger partial charge in [0.1, 0.15) is 12.2 Å². The van der Waals surface area contributed by atoms with E-state index < -0.39 is 17.0 Å². The zero-order valence-corrected chi connectivity index (χ0v) is 24.5. The second-order valence-corrected chi connectivity index (χ2v) is 15.8. The second kappa shape index (κ2) is 8.21. The van der Waals surface area contributed by atoms with Crippen molar-refractivity contribution >= 4 is 11.9 Å². The topological polar surface area (TPSA) is 96.4 Å². The predicted molar refractivity (Wildman–Crippen MR) is 143 cm³/mol. The van der Waals surface area contributed by atoms with E-state index in [9.17, 15) is 19.8 Å². The molecular formula is C32H50O6. The number of hydrogen-bond acceptors (Lipinski definition) is 5. The molecule has 6 nitrogen and oxygen atoms in total. The van der Waals surface area contributed by atoms with E-state index in [1.54, 1.807) is 0 Å². The summed E-state index contributed by atoms with van der Waals surface area (Å²) in [5, 5.41) is 21.7. The summed E-state index contributed by atoms with van der Waals surface area (Å²) in [6, 6.07) is 0. The fourth-order valence-corrected chi connectivity index (χ4v) is 12.3. The zero-order valence-electron chi connectivity index (χ0n) is 24.5. The van der Waals surface area contributed by atoms with E-state index in [1.165, 1.54) is 6.92 Å². The summed E-state index contributed by atoms with van der Waals surface area (Å²) < 4.78 is 11.6. The first-order valence-electron chi connectivity index (χ1n) is 15.4. The van der Waals surface area contributed by atoms with E-state index in [4.69, 9.17) is 9.47 Å². The number of aliphatic hydroxyl groups is 1. The van der Waals surface area contributed by atoms with E-state index in [2.05, 4.69) is 34.6 Å². The maximum Gasteiger partial charge on any atom is 0.309 e. The van der Waals surface area contributed by atoms with Crippen LogP contribution in [0.1, 0.15) is 106 Å². The quantitative estimate of drug-likeness (QED) is 0.350. The first-order chi connectivity index (χ1) is 17.7. The van der Waals surface area contributed by atoms with Gasteiger partial charge in [0.25, 0.3) is 0 Å². The Hall–Kier alpha value is -1.14. The fraction of sp³-hybridized carbons (Fsp3) is 0.938. The molecule has 0 radical (unpaired) electrons. The highest BCUT2D eigenvalue weighted by Crippen LogP contribution is 2.78. The highest BCUT2D eigenvalue weighted by atomic mass is 16.6. The second-order valence-electron chi connectivity index (χ2n) is 15.8. The molecule has 11 atom stereocenters. The van der Waals surface area contributed by atoms with Gasteiger partial charge in [-0.1, -0.05) is 34.6 Å². The predicted octanol–water partition coefficient (Wildman–Crippen LogP) is 5.85. The van der Waals surface area contributed by atoms with Crippen molar-refractivity contribution in [2.24, 2.45) is 56.7 Å². The van der Waals surface area contributed by atoms with Crippen LogP contribution in [0.4, 0.5) is 0 Å². The Morgan fingerprint density at radius 3 is 2.18 bits per heavy atom. The van der Waals surface area contributed by atoms with Crippen molar-refractivity contribution in [1.82, 2.24) is 0 Å². The lowest BCUT2D eigenvalue weighted by molar-refractivity contribution is -0.250. The Balaban J connectivity index is 1.38. The van der Waals surface area contributed by atoms with E-state index in [-0.39, 0.29) is 52.2 Å². The molecule has 0 aromatic rings. The zero-order chi connectivity index (χ0) is 27.5. The Labute approximate surface area is 228 Å². The maximum atomic E-state index is 13.0. The molecule has 5 saturated carbocycles. The summed E-state index contributed by atoms with van der Waals surface area (Å²) >= 11 is 0. The molecule has 0 aromatic carbocycles. The first-order valence-corrected chi connectivity index (χ1v) is 15.4. The average molecular weight is 531 g/mol. The molecule has 214 valence electrons. The van der Waals surface area contributed by atoms with Crippen molar-refractivity contribution in [3.05, 3.63) is 0 Å². The van der Waals surface area contributed by atoms with Gasteiger partial charge in [-0.15, -0.1) is 0 Å². The molecule has 1 heterocycles. The number of carboxylic acid groups (broad SMARTS) is 1. The summed E-state index contributed by atoms with van der Waals surface area (Å²) in [5.41, 5.74) is -0.850. The lowest BCUT2D eigenvalue weighted by Gasteiger charge is -2.72. The van der Waals surface area contributed by atoms with Gasteiger partial charge in [0.05, 0.1) is 18.1 Å². The molecule has 2 N–H and O–H groups in total. The highest BCUT2D eigenvalue weighted by Gasteiger charge is 2.74. The summed E-state index contributed by atoms with van der Waals surface area (Å²) in [7, 11) is 0. The Morgan fingerprint density at radius 1 is 0.842 bits per heavy atom. The number of fused-ring (bicyclic) bond motifs is 7. The lowest BCUT2D eigenvalue weighted by atomic mass is 9.32. The lowest BCUT2D eigenvalue weighted by Crippen LogP contribution is -2.67. The Morgan fingerprint density at radius 2 is 1.55 bits per heavy atom. The largest absolute Gasteiger partial charge is 0.481 e. The number of carboxylic acids is 1. The number of aliphatic hydroxyl groups excluding tert-OH is 1. The van der Waals surface area contributed by atoms with Crippen molar-refractivity contribution in [2.45, 2.75) is 117 Å². The van der Waals surface area contributed by atoms with Crippen LogP contribution >= 0.6 is 0 Å². The number of carbonyl (C=O) groups is 2. The molecule has 2 unspecified atom stereocenters. The average Bonchev–Trinajstić information content (AvgIpc) is 3.52. The number of rotatable bonds is 4. The van der Waals surface area contributed by atoms with Gasteiger partial charge < -0.3 is 19.7 Å². The number of esters is 1. The van der Waals surface area contributed by atoms with Gasteiger partial charge >= 0.3 is 11.9 Å². The highest BCUT2D eigenvalue weighted by molar-refractivity contribution is 5.76.